The lowest BCUT2D eigenvalue weighted by atomic mass is 9.91. The Hall–Kier alpha value is -2.98. The zero-order valence-electron chi connectivity index (χ0n) is 20.3. The molecule has 4 N–H and O–H groups in total. The van der Waals surface area contributed by atoms with Crippen molar-refractivity contribution in [3.8, 4) is 5.75 Å². The topological polar surface area (TPSA) is 134 Å². The van der Waals surface area contributed by atoms with Gasteiger partial charge in [-0.1, -0.05) is 30.7 Å². The first-order chi connectivity index (χ1) is 16.2. The second-order valence-electron chi connectivity index (χ2n) is 8.92. The molecule has 0 bridgehead atoms. The molecule has 11 heteroatoms. The van der Waals surface area contributed by atoms with E-state index in [4.69, 9.17) is 27.8 Å². The van der Waals surface area contributed by atoms with E-state index in [9.17, 15) is 0 Å². The van der Waals surface area contributed by atoms with Gasteiger partial charge < -0.3 is 21.1 Å². The summed E-state index contributed by atoms with van der Waals surface area (Å²) in [6, 6.07) is 0. The maximum absolute atomic E-state index is 6.57. The highest BCUT2D eigenvalue weighted by Crippen LogP contribution is 2.41. The molecule has 1 aliphatic rings. The van der Waals surface area contributed by atoms with E-state index >= 15 is 0 Å². The van der Waals surface area contributed by atoms with Gasteiger partial charge in [0, 0.05) is 35.3 Å². The predicted octanol–water partition coefficient (Wildman–Crippen LogP) is 3.10. The van der Waals surface area contributed by atoms with Crippen molar-refractivity contribution in [2.24, 2.45) is 5.73 Å². The zero-order chi connectivity index (χ0) is 24.6. The Morgan fingerprint density at radius 3 is 2.65 bits per heavy atom. The van der Waals surface area contributed by atoms with Crippen LogP contribution in [0.4, 0.5) is 11.8 Å². The van der Waals surface area contributed by atoms with Gasteiger partial charge in [0.05, 0.1) is 37.6 Å². The van der Waals surface area contributed by atoms with Gasteiger partial charge in [-0.15, -0.1) is 5.10 Å². The maximum Gasteiger partial charge on any atom is 0.223 e. The monoisotopic (exact) mass is 485 g/mol. The van der Waals surface area contributed by atoms with Crippen molar-refractivity contribution < 1.29 is 4.74 Å². The van der Waals surface area contributed by atoms with Crippen molar-refractivity contribution in [2.75, 3.05) is 24.3 Å². The molecule has 34 heavy (non-hydrogen) atoms. The summed E-state index contributed by atoms with van der Waals surface area (Å²) in [7, 11) is 1.67. The number of pyridine rings is 1. The summed E-state index contributed by atoms with van der Waals surface area (Å²) < 4.78 is 7.41. The van der Waals surface area contributed by atoms with E-state index in [2.05, 4.69) is 44.0 Å². The summed E-state index contributed by atoms with van der Waals surface area (Å²) in [6.07, 6.45) is 5.33. The van der Waals surface area contributed by atoms with Crippen LogP contribution < -0.4 is 21.1 Å². The van der Waals surface area contributed by atoms with Crippen LogP contribution in [0.3, 0.4) is 0 Å². The van der Waals surface area contributed by atoms with Crippen LogP contribution in [0.2, 0.25) is 5.15 Å². The van der Waals surface area contributed by atoms with Crippen LogP contribution in [-0.2, 0) is 18.6 Å². The summed E-state index contributed by atoms with van der Waals surface area (Å²) in [4.78, 5) is 15.5. The minimum atomic E-state index is -0.485. The fourth-order valence-corrected chi connectivity index (χ4v) is 4.96. The molecule has 3 aromatic rings. The molecule has 182 valence electrons. The quantitative estimate of drug-likeness (QED) is 0.461. The van der Waals surface area contributed by atoms with Crippen molar-refractivity contribution in [1.29, 1.82) is 0 Å². The van der Waals surface area contributed by atoms with E-state index in [1.165, 1.54) is 0 Å². The van der Waals surface area contributed by atoms with Crippen LogP contribution in [0.1, 0.15) is 60.7 Å². The number of hydrogen-bond acceptors (Lipinski definition) is 9. The van der Waals surface area contributed by atoms with Crippen molar-refractivity contribution in [2.45, 2.75) is 65.1 Å². The van der Waals surface area contributed by atoms with Gasteiger partial charge in [-0.25, -0.2) is 4.98 Å². The third-order valence-corrected chi connectivity index (χ3v) is 7.14. The summed E-state index contributed by atoms with van der Waals surface area (Å²) in [5, 5.41) is 9.06. The minimum absolute atomic E-state index is 0.000674. The van der Waals surface area contributed by atoms with Gasteiger partial charge in [0.2, 0.25) is 5.95 Å². The van der Waals surface area contributed by atoms with E-state index in [0.29, 0.717) is 24.8 Å². The zero-order valence-corrected chi connectivity index (χ0v) is 21.1. The third-order valence-electron chi connectivity index (χ3n) is 6.85. The van der Waals surface area contributed by atoms with E-state index in [1.807, 2.05) is 30.9 Å². The van der Waals surface area contributed by atoms with Gasteiger partial charge in [-0.2, -0.15) is 4.98 Å². The van der Waals surface area contributed by atoms with Gasteiger partial charge in [-0.3, -0.25) is 9.67 Å². The molecule has 3 aromatic heterocycles. The molecule has 1 aliphatic heterocycles. The van der Waals surface area contributed by atoms with Gasteiger partial charge in [0.15, 0.2) is 0 Å². The van der Waals surface area contributed by atoms with Crippen molar-refractivity contribution in [3.05, 3.63) is 45.6 Å². The highest BCUT2D eigenvalue weighted by atomic mass is 35.5. The van der Waals surface area contributed by atoms with E-state index in [-0.39, 0.29) is 11.9 Å². The Bertz CT molecular complexity index is 1190. The molecule has 1 atom stereocenters. The number of nitrogen functional groups attached to an aromatic ring is 1. The molecule has 10 nitrogen and oxygen atoms in total. The molecule has 4 rings (SSSR count). The third kappa shape index (κ3) is 4.27. The highest BCUT2D eigenvalue weighted by molar-refractivity contribution is 6.30. The lowest BCUT2D eigenvalue weighted by Gasteiger charge is -2.23. The smallest absolute Gasteiger partial charge is 0.223 e. The van der Waals surface area contributed by atoms with Crippen LogP contribution in [0, 0.1) is 13.8 Å². The van der Waals surface area contributed by atoms with Gasteiger partial charge >= 0.3 is 0 Å². The molecule has 0 spiro atoms. The number of aryl methyl sites for hydroxylation is 1. The Kier molecular flexibility index (Phi) is 6.64. The lowest BCUT2D eigenvalue weighted by Crippen LogP contribution is -2.35. The first kappa shape index (κ1) is 24.2. The average molecular weight is 486 g/mol. The largest absolute Gasteiger partial charge is 0.496 e. The Morgan fingerprint density at radius 1 is 1.24 bits per heavy atom. The van der Waals surface area contributed by atoms with Crippen LogP contribution >= 0.6 is 11.6 Å². The average Bonchev–Trinajstić information content (AvgIpc) is 3.41. The molecule has 1 unspecified atom stereocenters. The van der Waals surface area contributed by atoms with E-state index in [0.717, 1.165) is 52.5 Å². The number of hydrogen-bond donors (Lipinski definition) is 2. The van der Waals surface area contributed by atoms with Gasteiger partial charge in [0.1, 0.15) is 22.4 Å². The fraction of sp³-hybridized carbons (Fsp3) is 0.522. The van der Waals surface area contributed by atoms with Gasteiger partial charge in [0.25, 0.3) is 0 Å². The molecule has 0 radical (unpaired) electrons. The Morgan fingerprint density at radius 2 is 1.97 bits per heavy atom. The number of methoxy groups -OCH3 is 1. The second-order valence-corrected chi connectivity index (χ2v) is 9.28. The van der Waals surface area contributed by atoms with Crippen LogP contribution in [0.25, 0.3) is 0 Å². The van der Waals surface area contributed by atoms with Crippen LogP contribution in [0.15, 0.2) is 12.4 Å². The highest BCUT2D eigenvalue weighted by Gasteiger charge is 2.35. The molecule has 4 heterocycles. The maximum atomic E-state index is 6.57. The minimum Gasteiger partial charge on any atom is -0.496 e. The predicted molar refractivity (Wildman–Crippen MR) is 132 cm³/mol. The standard InChI is InChI=1S/C23H32ClN9O/c1-6-23(26,7-2)17-12-33(31-30-17)10-15-9-32(21-18(15)20(24)28-22(25)29-21)11-16-14(4)19(34-5)13(3)8-27-16/h8,12,15H,6-7,9-11,26H2,1-5H3,(H2,25,28,29). The number of anilines is 2. The number of nitrogens with two attached hydrogens (primary N) is 2. The molecule has 0 amide bonds. The lowest BCUT2D eigenvalue weighted by molar-refractivity contribution is 0.400. The first-order valence-electron chi connectivity index (χ1n) is 11.5. The van der Waals surface area contributed by atoms with E-state index in [1.54, 1.807) is 7.11 Å². The molecular formula is C23H32ClN9O. The normalized spacial score (nSPS) is 15.6. The number of fused-ring (bicyclic) bond motifs is 1. The molecule has 0 aromatic carbocycles. The van der Waals surface area contributed by atoms with Crippen molar-refractivity contribution in [1.82, 2.24) is 29.9 Å². The number of ether oxygens (including phenoxy) is 1. The summed E-state index contributed by atoms with van der Waals surface area (Å²) in [6.45, 7) is 9.89. The van der Waals surface area contributed by atoms with Gasteiger partial charge in [-0.05, 0) is 26.7 Å². The molecule has 0 saturated heterocycles. The molecule has 0 saturated carbocycles. The van der Waals surface area contributed by atoms with Crippen molar-refractivity contribution in [3.63, 3.8) is 0 Å². The van der Waals surface area contributed by atoms with E-state index < -0.39 is 5.54 Å². The summed E-state index contributed by atoms with van der Waals surface area (Å²) in [5.74, 6) is 1.70. The van der Waals surface area contributed by atoms with Crippen molar-refractivity contribution >= 4 is 23.4 Å². The summed E-state index contributed by atoms with van der Waals surface area (Å²) in [5.41, 5.74) is 16.5. The fourth-order valence-electron chi connectivity index (χ4n) is 4.64. The summed E-state index contributed by atoms with van der Waals surface area (Å²) >= 11 is 6.57. The molecular weight excluding hydrogens is 454 g/mol. The SMILES string of the molecule is CCC(N)(CC)c1cn(CC2CN(Cc3ncc(C)c(OC)c3C)c3nc(N)nc(Cl)c32)nn1. The molecule has 0 aliphatic carbocycles. The van der Waals surface area contributed by atoms with Crippen LogP contribution in [-0.4, -0.2) is 43.6 Å². The number of halogens is 1. The Balaban J connectivity index is 1.65. The number of rotatable bonds is 8. The van der Waals surface area contributed by atoms with Crippen LogP contribution in [0.5, 0.6) is 5.75 Å². The number of aromatic nitrogens is 6. The number of nitrogens with zero attached hydrogens (tertiary/aromatic N) is 7. The molecule has 0 fully saturated rings. The Labute approximate surface area is 204 Å². The first-order valence-corrected chi connectivity index (χ1v) is 11.8. The second kappa shape index (κ2) is 9.34.